The van der Waals surface area contributed by atoms with E-state index in [4.69, 9.17) is 16.2 Å². The molecule has 1 unspecified atom stereocenters. The summed E-state index contributed by atoms with van der Waals surface area (Å²) in [7, 11) is 0. The molecule has 0 aliphatic heterocycles. The van der Waals surface area contributed by atoms with Crippen LogP contribution in [0, 0.1) is 5.41 Å². The van der Waals surface area contributed by atoms with Gasteiger partial charge < -0.3 is 22.3 Å². The van der Waals surface area contributed by atoms with Gasteiger partial charge >= 0.3 is 5.97 Å². The number of rotatable bonds is 3. The summed E-state index contributed by atoms with van der Waals surface area (Å²) in [6.45, 7) is 1.91. The van der Waals surface area contributed by atoms with E-state index in [1.807, 2.05) is 6.92 Å². The van der Waals surface area contributed by atoms with Gasteiger partial charge in [-0.3, -0.25) is 10.2 Å². The fourth-order valence-corrected chi connectivity index (χ4v) is 0.434. The average Bonchev–Trinajstić information content (AvgIpc) is 1.86. The molecule has 0 aromatic carbocycles. The van der Waals surface area contributed by atoms with E-state index < -0.39 is 12.0 Å². The Bertz CT molecular complexity index is 150. The first-order valence-electron chi connectivity index (χ1n) is 3.49. The Labute approximate surface area is 83.4 Å². The summed E-state index contributed by atoms with van der Waals surface area (Å²) in [5, 5.41) is 14.2. The third kappa shape index (κ3) is 24.8. The van der Waals surface area contributed by atoms with E-state index in [1.54, 1.807) is 0 Å². The zero-order valence-electron chi connectivity index (χ0n) is 7.49. The van der Waals surface area contributed by atoms with Gasteiger partial charge in [-0.25, -0.2) is 0 Å². The molecule has 0 amide bonds. The van der Waals surface area contributed by atoms with Crippen LogP contribution in [0.15, 0.2) is 0 Å². The van der Waals surface area contributed by atoms with Crippen molar-refractivity contribution in [2.45, 2.75) is 25.8 Å². The molecule has 0 saturated heterocycles. The lowest BCUT2D eigenvalue weighted by Gasteiger charge is -2.00. The topological polar surface area (TPSA) is 139 Å². The van der Waals surface area contributed by atoms with E-state index in [-0.39, 0.29) is 18.4 Å². The SMILES string of the molecule is CCCC(N)C(=O)O.Cl.N=C(N)N. The highest BCUT2D eigenvalue weighted by Crippen LogP contribution is 1.91. The summed E-state index contributed by atoms with van der Waals surface area (Å²) in [5.74, 6) is -1.24. The fraction of sp³-hybridized carbons (Fsp3) is 0.667. The van der Waals surface area contributed by atoms with Gasteiger partial charge in [-0.2, -0.15) is 0 Å². The Balaban J connectivity index is -0.000000173. The molecule has 0 saturated carbocycles. The second-order valence-electron chi connectivity index (χ2n) is 2.19. The van der Waals surface area contributed by atoms with Crippen LogP contribution in [-0.2, 0) is 4.79 Å². The van der Waals surface area contributed by atoms with E-state index in [9.17, 15) is 4.79 Å². The van der Waals surface area contributed by atoms with Crippen molar-refractivity contribution in [3.05, 3.63) is 0 Å². The largest absolute Gasteiger partial charge is 0.480 e. The maximum atomic E-state index is 9.96. The molecule has 0 rings (SSSR count). The Morgan fingerprint density at radius 3 is 1.92 bits per heavy atom. The third-order valence-electron chi connectivity index (χ3n) is 0.917. The lowest BCUT2D eigenvalue weighted by atomic mass is 10.2. The van der Waals surface area contributed by atoms with Crippen LogP contribution in [0.5, 0.6) is 0 Å². The van der Waals surface area contributed by atoms with Crippen molar-refractivity contribution >= 4 is 24.3 Å². The lowest BCUT2D eigenvalue weighted by Crippen LogP contribution is -2.29. The van der Waals surface area contributed by atoms with Gasteiger partial charge in [0.05, 0.1) is 0 Å². The first-order chi connectivity index (χ1) is 5.41. The zero-order chi connectivity index (χ0) is 10.1. The number of hydrogen-bond donors (Lipinski definition) is 5. The Morgan fingerprint density at radius 2 is 1.85 bits per heavy atom. The molecule has 0 heterocycles. The van der Waals surface area contributed by atoms with Crippen molar-refractivity contribution in [2.75, 3.05) is 0 Å². The molecule has 0 fully saturated rings. The third-order valence-corrected chi connectivity index (χ3v) is 0.917. The Hall–Kier alpha value is -1.01. The van der Waals surface area contributed by atoms with Crippen LogP contribution in [0.1, 0.15) is 19.8 Å². The van der Waals surface area contributed by atoms with Gasteiger partial charge in [0.25, 0.3) is 0 Å². The molecule has 0 aliphatic carbocycles. The predicted molar refractivity (Wildman–Crippen MR) is 53.9 cm³/mol. The monoisotopic (exact) mass is 212 g/mol. The van der Waals surface area contributed by atoms with E-state index in [1.165, 1.54) is 0 Å². The van der Waals surface area contributed by atoms with Gasteiger partial charge in [0.2, 0.25) is 0 Å². The zero-order valence-corrected chi connectivity index (χ0v) is 8.30. The molecule has 0 spiro atoms. The van der Waals surface area contributed by atoms with Crippen molar-refractivity contribution < 1.29 is 9.90 Å². The molecule has 8 N–H and O–H groups in total. The first-order valence-corrected chi connectivity index (χ1v) is 3.49. The molecule has 0 aromatic rings. The molecule has 7 heteroatoms. The van der Waals surface area contributed by atoms with Crippen LogP contribution in [-0.4, -0.2) is 23.1 Å². The maximum Gasteiger partial charge on any atom is 0.320 e. The minimum Gasteiger partial charge on any atom is -0.480 e. The van der Waals surface area contributed by atoms with Crippen LogP contribution in [0.3, 0.4) is 0 Å². The number of halogens is 1. The van der Waals surface area contributed by atoms with Gasteiger partial charge in [0, 0.05) is 0 Å². The standard InChI is InChI=1S/C5H11NO2.CH5N3.ClH/c1-2-3-4(6)5(7)8;2-1(3)4;/h4H,2-3,6H2,1H3,(H,7,8);(H5,2,3,4);1H. The van der Waals surface area contributed by atoms with Gasteiger partial charge in [0.1, 0.15) is 6.04 Å². The smallest absolute Gasteiger partial charge is 0.320 e. The molecule has 0 bridgehead atoms. The molecular formula is C6H17ClN4O2. The quantitative estimate of drug-likeness (QED) is 0.316. The maximum absolute atomic E-state index is 9.96. The summed E-state index contributed by atoms with van der Waals surface area (Å²) in [5.41, 5.74) is 14.1. The highest BCUT2D eigenvalue weighted by Gasteiger charge is 2.07. The summed E-state index contributed by atoms with van der Waals surface area (Å²) in [6, 6.07) is -0.667. The van der Waals surface area contributed by atoms with Crippen LogP contribution < -0.4 is 17.2 Å². The van der Waals surface area contributed by atoms with Gasteiger partial charge in [-0.1, -0.05) is 13.3 Å². The van der Waals surface area contributed by atoms with E-state index in [2.05, 4.69) is 11.5 Å². The number of carbonyl (C=O) groups is 1. The summed E-state index contributed by atoms with van der Waals surface area (Å²) in [6.07, 6.45) is 1.39. The molecule has 80 valence electrons. The van der Waals surface area contributed by atoms with E-state index in [0.29, 0.717) is 6.42 Å². The van der Waals surface area contributed by atoms with E-state index >= 15 is 0 Å². The van der Waals surface area contributed by atoms with Crippen molar-refractivity contribution in [3.8, 4) is 0 Å². The van der Waals surface area contributed by atoms with Crippen molar-refractivity contribution in [1.29, 1.82) is 5.41 Å². The van der Waals surface area contributed by atoms with Gasteiger partial charge in [-0.15, -0.1) is 12.4 Å². The molecular weight excluding hydrogens is 196 g/mol. The second kappa shape index (κ2) is 11.0. The van der Waals surface area contributed by atoms with Crippen molar-refractivity contribution in [3.63, 3.8) is 0 Å². The minimum atomic E-state index is -0.910. The molecule has 0 aromatic heterocycles. The fourth-order valence-electron chi connectivity index (χ4n) is 0.434. The number of carboxylic acid groups (broad SMARTS) is 1. The second-order valence-corrected chi connectivity index (χ2v) is 2.19. The molecule has 0 radical (unpaired) electrons. The number of aliphatic carboxylic acids is 1. The molecule has 0 aliphatic rings. The lowest BCUT2D eigenvalue weighted by molar-refractivity contribution is -0.138. The Morgan fingerprint density at radius 1 is 1.54 bits per heavy atom. The molecule has 13 heavy (non-hydrogen) atoms. The number of nitrogens with two attached hydrogens (primary N) is 3. The number of hydrogen-bond acceptors (Lipinski definition) is 3. The van der Waals surface area contributed by atoms with Crippen molar-refractivity contribution in [2.24, 2.45) is 17.2 Å². The van der Waals surface area contributed by atoms with Crippen LogP contribution in [0.25, 0.3) is 0 Å². The molecule has 1 atom stereocenters. The van der Waals surface area contributed by atoms with Crippen LogP contribution in [0.4, 0.5) is 0 Å². The molecule has 6 nitrogen and oxygen atoms in total. The first kappa shape index (κ1) is 17.9. The summed E-state index contributed by atoms with van der Waals surface area (Å²) in [4.78, 5) is 9.96. The number of guanidine groups is 1. The highest BCUT2D eigenvalue weighted by atomic mass is 35.5. The van der Waals surface area contributed by atoms with Crippen LogP contribution >= 0.6 is 12.4 Å². The highest BCUT2D eigenvalue weighted by molar-refractivity contribution is 5.85. The average molecular weight is 213 g/mol. The van der Waals surface area contributed by atoms with Crippen molar-refractivity contribution in [1.82, 2.24) is 0 Å². The number of nitrogens with one attached hydrogen (secondary N) is 1. The minimum absolute atomic E-state index is 0. The van der Waals surface area contributed by atoms with Crippen LogP contribution in [0.2, 0.25) is 0 Å². The summed E-state index contributed by atoms with van der Waals surface area (Å²) >= 11 is 0. The Kier molecular flexibility index (Phi) is 15.1. The normalized spacial score (nSPS) is 10.0. The number of carboxylic acids is 1. The summed E-state index contributed by atoms with van der Waals surface area (Å²) < 4.78 is 0. The predicted octanol–water partition coefficient (Wildman–Crippen LogP) is -0.541. The van der Waals surface area contributed by atoms with E-state index in [0.717, 1.165) is 6.42 Å². The van der Waals surface area contributed by atoms with Gasteiger partial charge in [-0.05, 0) is 6.42 Å². The van der Waals surface area contributed by atoms with Gasteiger partial charge in [0.15, 0.2) is 5.96 Å².